The first-order valence-electron chi connectivity index (χ1n) is 8.31. The molecule has 0 saturated heterocycles. The Hall–Kier alpha value is -2.10. The third-order valence-electron chi connectivity index (χ3n) is 4.00. The van der Waals surface area contributed by atoms with E-state index in [1.807, 2.05) is 37.3 Å². The van der Waals surface area contributed by atoms with Gasteiger partial charge < -0.3 is 5.32 Å². The van der Waals surface area contributed by atoms with Gasteiger partial charge in [-0.25, -0.2) is 0 Å². The molecule has 4 heteroatoms. The van der Waals surface area contributed by atoms with Gasteiger partial charge in [-0.05, 0) is 37.3 Å². The van der Waals surface area contributed by atoms with Crippen LogP contribution in [0.5, 0.6) is 0 Å². The van der Waals surface area contributed by atoms with E-state index in [1.54, 1.807) is 0 Å². The molecular weight excluding hydrogens is 286 g/mol. The molecule has 0 aliphatic carbocycles. The Labute approximate surface area is 138 Å². The number of hydrogen-bond acceptors (Lipinski definition) is 2. The fourth-order valence-corrected chi connectivity index (χ4v) is 2.74. The van der Waals surface area contributed by atoms with Gasteiger partial charge in [0.05, 0.1) is 5.69 Å². The first-order chi connectivity index (χ1) is 11.0. The Morgan fingerprint density at radius 3 is 2.57 bits per heavy atom. The van der Waals surface area contributed by atoms with Crippen molar-refractivity contribution in [1.29, 1.82) is 0 Å². The van der Waals surface area contributed by atoms with Gasteiger partial charge >= 0.3 is 0 Å². The van der Waals surface area contributed by atoms with E-state index in [4.69, 9.17) is 0 Å². The molecule has 0 spiro atoms. The Balaban J connectivity index is 1.88. The van der Waals surface area contributed by atoms with Crippen LogP contribution < -0.4 is 5.32 Å². The summed E-state index contributed by atoms with van der Waals surface area (Å²) in [6, 6.07) is 9.98. The van der Waals surface area contributed by atoms with Crippen molar-refractivity contribution in [3.05, 3.63) is 52.8 Å². The van der Waals surface area contributed by atoms with Crippen LogP contribution in [-0.2, 0) is 24.3 Å². The molecule has 1 aromatic heterocycles. The second-order valence-electron chi connectivity index (χ2n) is 6.49. The van der Waals surface area contributed by atoms with Gasteiger partial charge in [0.2, 0.25) is 5.91 Å². The highest BCUT2D eigenvalue weighted by molar-refractivity contribution is 5.76. The summed E-state index contributed by atoms with van der Waals surface area (Å²) in [4.78, 5) is 12.1. The smallest absolute Gasteiger partial charge is 0.220 e. The largest absolute Gasteiger partial charge is 0.352 e. The normalized spacial score (nSPS) is 11.0. The monoisotopic (exact) mass is 313 g/mol. The second-order valence-corrected chi connectivity index (χ2v) is 6.49. The number of aryl methyl sites for hydroxylation is 1. The highest BCUT2D eigenvalue weighted by Crippen LogP contribution is 2.16. The summed E-state index contributed by atoms with van der Waals surface area (Å²) in [6.07, 6.45) is 1.25. The predicted molar refractivity (Wildman–Crippen MR) is 93.1 cm³/mol. The first kappa shape index (κ1) is 17.3. The molecule has 0 aliphatic heterocycles. The molecule has 1 N–H and O–H groups in total. The zero-order valence-corrected chi connectivity index (χ0v) is 14.6. The van der Waals surface area contributed by atoms with Crippen molar-refractivity contribution >= 4 is 5.91 Å². The van der Waals surface area contributed by atoms with Gasteiger partial charge in [0.15, 0.2) is 0 Å². The quantitative estimate of drug-likeness (QED) is 0.851. The standard InChI is InChI=1S/C19H27N3O/c1-14(2)13-22-16(4)18(15(3)21-22)10-11-19(23)20-12-17-8-6-5-7-9-17/h5-9,14H,10-13H2,1-4H3,(H,20,23). The molecule has 0 bridgehead atoms. The topological polar surface area (TPSA) is 46.9 Å². The maximum absolute atomic E-state index is 12.1. The van der Waals surface area contributed by atoms with Crippen LogP contribution in [0.1, 0.15) is 42.8 Å². The van der Waals surface area contributed by atoms with E-state index < -0.39 is 0 Å². The van der Waals surface area contributed by atoms with Crippen LogP contribution >= 0.6 is 0 Å². The van der Waals surface area contributed by atoms with E-state index in [9.17, 15) is 4.79 Å². The minimum Gasteiger partial charge on any atom is -0.352 e. The van der Waals surface area contributed by atoms with Crippen molar-refractivity contribution in [3.8, 4) is 0 Å². The molecule has 0 unspecified atom stereocenters. The average Bonchev–Trinajstić information content (AvgIpc) is 2.77. The number of carbonyl (C=O) groups excluding carboxylic acids is 1. The highest BCUT2D eigenvalue weighted by Gasteiger charge is 2.13. The van der Waals surface area contributed by atoms with Crippen LogP contribution in [0.3, 0.4) is 0 Å². The van der Waals surface area contributed by atoms with E-state index in [0.717, 1.165) is 24.2 Å². The minimum atomic E-state index is 0.0873. The molecule has 23 heavy (non-hydrogen) atoms. The van der Waals surface area contributed by atoms with Crippen LogP contribution in [0.25, 0.3) is 0 Å². The maximum atomic E-state index is 12.1. The molecule has 1 aromatic carbocycles. The van der Waals surface area contributed by atoms with Crippen molar-refractivity contribution in [3.63, 3.8) is 0 Å². The van der Waals surface area contributed by atoms with Gasteiger partial charge in [-0.3, -0.25) is 9.48 Å². The van der Waals surface area contributed by atoms with Gasteiger partial charge in [0.25, 0.3) is 0 Å². The third-order valence-corrected chi connectivity index (χ3v) is 4.00. The van der Waals surface area contributed by atoms with Gasteiger partial charge in [0, 0.05) is 25.2 Å². The Kier molecular flexibility index (Phi) is 5.97. The summed E-state index contributed by atoms with van der Waals surface area (Å²) in [5, 5.41) is 7.59. The van der Waals surface area contributed by atoms with E-state index in [0.29, 0.717) is 18.9 Å². The molecule has 0 radical (unpaired) electrons. The zero-order chi connectivity index (χ0) is 16.8. The van der Waals surface area contributed by atoms with E-state index in [2.05, 4.69) is 35.9 Å². The van der Waals surface area contributed by atoms with E-state index >= 15 is 0 Å². The Bertz CT molecular complexity index is 644. The van der Waals surface area contributed by atoms with Crippen LogP contribution in [0.2, 0.25) is 0 Å². The fourth-order valence-electron chi connectivity index (χ4n) is 2.74. The van der Waals surface area contributed by atoms with Crippen molar-refractivity contribution in [2.45, 2.75) is 53.6 Å². The molecule has 124 valence electrons. The van der Waals surface area contributed by atoms with Crippen molar-refractivity contribution in [2.75, 3.05) is 0 Å². The van der Waals surface area contributed by atoms with Gasteiger partial charge in [-0.15, -0.1) is 0 Å². The number of nitrogens with one attached hydrogen (secondary N) is 1. The Morgan fingerprint density at radius 1 is 1.22 bits per heavy atom. The maximum Gasteiger partial charge on any atom is 0.220 e. The number of nitrogens with zero attached hydrogens (tertiary/aromatic N) is 2. The summed E-state index contributed by atoms with van der Waals surface area (Å²) < 4.78 is 2.07. The lowest BCUT2D eigenvalue weighted by Crippen LogP contribution is -2.23. The number of aromatic nitrogens is 2. The zero-order valence-electron chi connectivity index (χ0n) is 14.6. The molecule has 0 saturated carbocycles. The summed E-state index contributed by atoms with van der Waals surface area (Å²) in [7, 11) is 0. The Morgan fingerprint density at radius 2 is 1.91 bits per heavy atom. The van der Waals surface area contributed by atoms with Gasteiger partial charge in [-0.2, -0.15) is 5.10 Å². The lowest BCUT2D eigenvalue weighted by atomic mass is 10.1. The number of carbonyl (C=O) groups is 1. The molecule has 2 rings (SSSR count). The van der Waals surface area contributed by atoms with Crippen LogP contribution in [0.4, 0.5) is 0 Å². The number of hydrogen-bond donors (Lipinski definition) is 1. The van der Waals surface area contributed by atoms with E-state index in [1.165, 1.54) is 11.3 Å². The van der Waals surface area contributed by atoms with Crippen molar-refractivity contribution in [2.24, 2.45) is 5.92 Å². The van der Waals surface area contributed by atoms with Crippen LogP contribution in [0, 0.1) is 19.8 Å². The lowest BCUT2D eigenvalue weighted by Gasteiger charge is -2.08. The summed E-state index contributed by atoms with van der Waals surface area (Å²) in [6.45, 7) is 10.0. The van der Waals surface area contributed by atoms with Crippen LogP contribution in [0.15, 0.2) is 30.3 Å². The molecule has 0 aliphatic rings. The third kappa shape index (κ3) is 4.95. The SMILES string of the molecule is Cc1nn(CC(C)C)c(C)c1CCC(=O)NCc1ccccc1. The molecule has 0 fully saturated rings. The lowest BCUT2D eigenvalue weighted by molar-refractivity contribution is -0.121. The second kappa shape index (κ2) is 7.95. The summed E-state index contributed by atoms with van der Waals surface area (Å²) >= 11 is 0. The molecule has 2 aromatic rings. The van der Waals surface area contributed by atoms with E-state index in [-0.39, 0.29) is 5.91 Å². The summed E-state index contributed by atoms with van der Waals surface area (Å²) in [5.41, 5.74) is 4.56. The molecular formula is C19H27N3O. The molecule has 4 nitrogen and oxygen atoms in total. The highest BCUT2D eigenvalue weighted by atomic mass is 16.1. The first-order valence-corrected chi connectivity index (χ1v) is 8.31. The van der Waals surface area contributed by atoms with Gasteiger partial charge in [-0.1, -0.05) is 44.2 Å². The summed E-state index contributed by atoms with van der Waals surface area (Å²) in [5.74, 6) is 0.652. The predicted octanol–water partition coefficient (Wildman–Crippen LogP) is 3.40. The molecule has 1 heterocycles. The van der Waals surface area contributed by atoms with Gasteiger partial charge in [0.1, 0.15) is 0 Å². The van der Waals surface area contributed by atoms with Crippen LogP contribution in [-0.4, -0.2) is 15.7 Å². The fraction of sp³-hybridized carbons (Fsp3) is 0.474. The van der Waals surface area contributed by atoms with Crippen molar-refractivity contribution in [1.82, 2.24) is 15.1 Å². The number of rotatable bonds is 7. The minimum absolute atomic E-state index is 0.0873. The molecule has 1 amide bonds. The number of amides is 1. The average molecular weight is 313 g/mol. The van der Waals surface area contributed by atoms with Crippen molar-refractivity contribution < 1.29 is 4.79 Å². The molecule has 0 atom stereocenters. The number of benzene rings is 1.